The standard InChI is InChI=1S/C15H21F3N6/c1-10-8-11(19-9-14(23(2)3)6-4-5-7-14)24-13(20-10)21-12(22-24)15(16,17)18/h8,19H,4-7,9H2,1-3H3. The molecule has 0 bridgehead atoms. The third-order valence-electron chi connectivity index (χ3n) is 4.78. The summed E-state index contributed by atoms with van der Waals surface area (Å²) in [5.74, 6) is -0.740. The normalized spacial score (nSPS) is 17.8. The number of halogens is 3. The smallest absolute Gasteiger partial charge is 0.368 e. The van der Waals surface area contributed by atoms with Crippen molar-refractivity contribution in [2.45, 2.75) is 44.3 Å². The van der Waals surface area contributed by atoms with Gasteiger partial charge < -0.3 is 10.2 Å². The van der Waals surface area contributed by atoms with Crippen LogP contribution in [0, 0.1) is 6.92 Å². The second-order valence-electron chi connectivity index (χ2n) is 6.61. The number of hydrogen-bond donors (Lipinski definition) is 1. The Bertz CT molecular complexity index is 731. The molecule has 1 aliphatic rings. The molecule has 0 unspecified atom stereocenters. The van der Waals surface area contributed by atoms with Gasteiger partial charge in [0.1, 0.15) is 5.82 Å². The lowest BCUT2D eigenvalue weighted by Crippen LogP contribution is -2.47. The molecule has 2 aromatic heterocycles. The maximum Gasteiger partial charge on any atom is 0.453 e. The highest BCUT2D eigenvalue weighted by Gasteiger charge is 2.38. The molecule has 2 aromatic rings. The second-order valence-corrected chi connectivity index (χ2v) is 6.61. The van der Waals surface area contributed by atoms with Crippen LogP contribution in [0.4, 0.5) is 19.0 Å². The van der Waals surface area contributed by atoms with Gasteiger partial charge in [-0.2, -0.15) is 22.7 Å². The Labute approximate surface area is 138 Å². The highest BCUT2D eigenvalue weighted by atomic mass is 19.4. The van der Waals surface area contributed by atoms with Crippen LogP contribution >= 0.6 is 0 Å². The van der Waals surface area contributed by atoms with Gasteiger partial charge in [-0.1, -0.05) is 12.8 Å². The lowest BCUT2D eigenvalue weighted by atomic mass is 9.96. The van der Waals surface area contributed by atoms with E-state index in [4.69, 9.17) is 0 Å². The molecular weight excluding hydrogens is 321 g/mol. The van der Waals surface area contributed by atoms with Crippen molar-refractivity contribution in [2.75, 3.05) is 26.0 Å². The molecule has 24 heavy (non-hydrogen) atoms. The predicted octanol–water partition coefficient (Wildman–Crippen LogP) is 2.74. The Kier molecular flexibility index (Phi) is 4.15. The Morgan fingerprint density at radius 3 is 2.50 bits per heavy atom. The summed E-state index contributed by atoms with van der Waals surface area (Å²) in [4.78, 5) is 9.74. The van der Waals surface area contributed by atoms with E-state index in [-0.39, 0.29) is 11.3 Å². The molecule has 0 spiro atoms. The molecular formula is C15H21F3N6. The average molecular weight is 342 g/mol. The second kappa shape index (κ2) is 5.87. The molecule has 0 radical (unpaired) electrons. The third kappa shape index (κ3) is 3.04. The van der Waals surface area contributed by atoms with E-state index in [1.807, 2.05) is 14.1 Å². The van der Waals surface area contributed by atoms with Gasteiger partial charge >= 0.3 is 6.18 Å². The summed E-state index contributed by atoms with van der Waals surface area (Å²) < 4.78 is 39.7. The van der Waals surface area contributed by atoms with Crippen molar-refractivity contribution in [3.05, 3.63) is 17.6 Å². The molecule has 0 aliphatic heterocycles. The van der Waals surface area contributed by atoms with Gasteiger partial charge in [0, 0.05) is 23.8 Å². The highest BCUT2D eigenvalue weighted by molar-refractivity contribution is 5.45. The minimum atomic E-state index is -4.59. The average Bonchev–Trinajstić information content (AvgIpc) is 3.11. The van der Waals surface area contributed by atoms with Crippen LogP contribution in [0.3, 0.4) is 0 Å². The lowest BCUT2D eigenvalue weighted by Gasteiger charge is -2.36. The first-order chi connectivity index (χ1) is 11.2. The molecule has 1 saturated carbocycles. The van der Waals surface area contributed by atoms with Gasteiger partial charge in [0.05, 0.1) is 0 Å². The van der Waals surface area contributed by atoms with E-state index in [1.54, 1.807) is 13.0 Å². The van der Waals surface area contributed by atoms with Gasteiger partial charge in [-0.15, -0.1) is 5.10 Å². The zero-order chi connectivity index (χ0) is 17.5. The summed E-state index contributed by atoms with van der Waals surface area (Å²) in [6, 6.07) is 1.69. The Hall–Kier alpha value is -1.90. The van der Waals surface area contributed by atoms with Crippen molar-refractivity contribution >= 4 is 11.6 Å². The van der Waals surface area contributed by atoms with E-state index >= 15 is 0 Å². The van der Waals surface area contributed by atoms with Gasteiger partial charge in [-0.25, -0.2) is 4.98 Å². The van der Waals surface area contributed by atoms with E-state index in [2.05, 4.69) is 25.3 Å². The van der Waals surface area contributed by atoms with Crippen LogP contribution in [0.15, 0.2) is 6.07 Å². The fraction of sp³-hybridized carbons (Fsp3) is 0.667. The molecule has 0 amide bonds. The zero-order valence-electron chi connectivity index (χ0n) is 14.0. The minimum absolute atomic E-state index is 0.0108. The first-order valence-corrected chi connectivity index (χ1v) is 7.94. The lowest BCUT2D eigenvalue weighted by molar-refractivity contribution is -0.144. The first-order valence-electron chi connectivity index (χ1n) is 7.94. The maximum absolute atomic E-state index is 12.9. The van der Waals surface area contributed by atoms with Crippen molar-refractivity contribution < 1.29 is 13.2 Å². The Morgan fingerprint density at radius 1 is 1.25 bits per heavy atom. The highest BCUT2D eigenvalue weighted by Crippen LogP contribution is 2.34. The van der Waals surface area contributed by atoms with E-state index in [9.17, 15) is 13.2 Å². The van der Waals surface area contributed by atoms with E-state index in [0.717, 1.165) is 30.2 Å². The van der Waals surface area contributed by atoms with Crippen LogP contribution in [0.5, 0.6) is 0 Å². The molecule has 3 rings (SSSR count). The molecule has 0 aromatic carbocycles. The number of likely N-dealkylation sites (N-methyl/N-ethyl adjacent to an activating group) is 1. The molecule has 2 heterocycles. The maximum atomic E-state index is 12.9. The number of alkyl halides is 3. The summed E-state index contributed by atoms with van der Waals surface area (Å²) in [6.45, 7) is 2.37. The number of nitrogens with one attached hydrogen (secondary N) is 1. The molecule has 1 N–H and O–H groups in total. The van der Waals surface area contributed by atoms with E-state index in [0.29, 0.717) is 18.1 Å². The van der Waals surface area contributed by atoms with Crippen LogP contribution in [-0.2, 0) is 6.18 Å². The number of nitrogens with zero attached hydrogens (tertiary/aromatic N) is 5. The summed E-state index contributed by atoms with van der Waals surface area (Å²) in [6.07, 6.45) is -0.149. The summed E-state index contributed by atoms with van der Waals surface area (Å²) in [5, 5.41) is 6.85. The van der Waals surface area contributed by atoms with E-state index < -0.39 is 12.0 Å². The Balaban J connectivity index is 1.92. The van der Waals surface area contributed by atoms with Crippen LogP contribution in [0.2, 0.25) is 0 Å². The minimum Gasteiger partial charge on any atom is -0.368 e. The predicted molar refractivity (Wildman–Crippen MR) is 83.9 cm³/mol. The van der Waals surface area contributed by atoms with Crippen LogP contribution < -0.4 is 5.32 Å². The van der Waals surface area contributed by atoms with Gasteiger partial charge in [0.15, 0.2) is 0 Å². The van der Waals surface area contributed by atoms with Crippen molar-refractivity contribution in [3.8, 4) is 0 Å². The van der Waals surface area contributed by atoms with Gasteiger partial charge in [0.2, 0.25) is 0 Å². The fourth-order valence-corrected chi connectivity index (χ4v) is 3.30. The number of aromatic nitrogens is 4. The van der Waals surface area contributed by atoms with Crippen molar-refractivity contribution in [1.29, 1.82) is 0 Å². The number of hydrogen-bond acceptors (Lipinski definition) is 5. The Morgan fingerprint density at radius 2 is 1.92 bits per heavy atom. The van der Waals surface area contributed by atoms with Crippen LogP contribution in [-0.4, -0.2) is 50.7 Å². The number of fused-ring (bicyclic) bond motifs is 1. The number of anilines is 1. The van der Waals surface area contributed by atoms with Crippen molar-refractivity contribution in [1.82, 2.24) is 24.5 Å². The summed E-state index contributed by atoms with van der Waals surface area (Å²) >= 11 is 0. The fourth-order valence-electron chi connectivity index (χ4n) is 3.30. The van der Waals surface area contributed by atoms with Gasteiger partial charge in [-0.05, 0) is 33.9 Å². The molecule has 6 nitrogen and oxygen atoms in total. The quantitative estimate of drug-likeness (QED) is 0.926. The molecule has 0 atom stereocenters. The largest absolute Gasteiger partial charge is 0.453 e. The first kappa shape index (κ1) is 16.9. The van der Waals surface area contributed by atoms with Crippen LogP contribution in [0.1, 0.15) is 37.2 Å². The van der Waals surface area contributed by atoms with Crippen molar-refractivity contribution in [2.24, 2.45) is 0 Å². The molecule has 0 saturated heterocycles. The summed E-state index contributed by atoms with van der Waals surface area (Å²) in [7, 11) is 4.08. The van der Waals surface area contributed by atoms with Gasteiger partial charge in [-0.3, -0.25) is 0 Å². The van der Waals surface area contributed by atoms with Crippen LogP contribution in [0.25, 0.3) is 5.78 Å². The third-order valence-corrected chi connectivity index (χ3v) is 4.78. The molecule has 9 heteroatoms. The molecule has 1 aliphatic carbocycles. The molecule has 132 valence electrons. The SMILES string of the molecule is Cc1cc(NCC2(N(C)C)CCCC2)n2nc(C(F)(F)F)nc2n1. The van der Waals surface area contributed by atoms with Gasteiger partial charge in [0.25, 0.3) is 11.6 Å². The topological polar surface area (TPSA) is 58.4 Å². The summed E-state index contributed by atoms with van der Waals surface area (Å²) in [5.41, 5.74) is 0.605. The molecule has 1 fully saturated rings. The number of aryl methyl sites for hydroxylation is 1. The van der Waals surface area contributed by atoms with E-state index in [1.165, 1.54) is 0 Å². The number of rotatable bonds is 4. The van der Waals surface area contributed by atoms with Crippen molar-refractivity contribution in [3.63, 3.8) is 0 Å². The monoisotopic (exact) mass is 342 g/mol. The zero-order valence-corrected chi connectivity index (χ0v) is 14.0.